The molecule has 2 amide bonds. The molecular formula is C14H18N2O4. The van der Waals surface area contributed by atoms with Gasteiger partial charge in [-0.05, 0) is 32.4 Å². The molecular weight excluding hydrogens is 260 g/mol. The summed E-state index contributed by atoms with van der Waals surface area (Å²) in [7, 11) is 0. The highest BCUT2D eigenvalue weighted by Gasteiger charge is 2.26. The lowest BCUT2D eigenvalue weighted by molar-refractivity contribution is 0.0698. The highest BCUT2D eigenvalue weighted by atomic mass is 16.5. The Morgan fingerprint density at radius 3 is 2.75 bits per heavy atom. The lowest BCUT2D eigenvalue weighted by Gasteiger charge is -2.17. The topological polar surface area (TPSA) is 87.7 Å². The van der Waals surface area contributed by atoms with Crippen LogP contribution in [0.1, 0.15) is 29.3 Å². The van der Waals surface area contributed by atoms with Gasteiger partial charge in [0.05, 0.1) is 23.4 Å². The number of carboxylic acid groups (broad SMARTS) is 1. The largest absolute Gasteiger partial charge is 0.478 e. The summed E-state index contributed by atoms with van der Waals surface area (Å²) in [4.78, 5) is 23.1. The molecule has 1 heterocycles. The van der Waals surface area contributed by atoms with E-state index in [1.807, 2.05) is 6.92 Å². The van der Waals surface area contributed by atoms with Crippen LogP contribution in [0.25, 0.3) is 0 Å². The first-order valence-corrected chi connectivity index (χ1v) is 6.50. The number of hydrogen-bond acceptors (Lipinski definition) is 3. The highest BCUT2D eigenvalue weighted by Crippen LogP contribution is 2.18. The fraction of sp³-hybridized carbons (Fsp3) is 0.429. The summed E-state index contributed by atoms with van der Waals surface area (Å²) < 4.78 is 5.36. The summed E-state index contributed by atoms with van der Waals surface area (Å²) in [5.41, 5.74) is 1.19. The van der Waals surface area contributed by atoms with Crippen molar-refractivity contribution in [3.8, 4) is 0 Å². The average molecular weight is 278 g/mol. The second kappa shape index (κ2) is 5.92. The van der Waals surface area contributed by atoms with Gasteiger partial charge in [0.25, 0.3) is 0 Å². The summed E-state index contributed by atoms with van der Waals surface area (Å²) >= 11 is 0. The number of hydrogen-bond donors (Lipinski definition) is 3. The molecule has 108 valence electrons. The van der Waals surface area contributed by atoms with Crippen molar-refractivity contribution >= 4 is 17.7 Å². The zero-order valence-electron chi connectivity index (χ0n) is 11.5. The van der Waals surface area contributed by atoms with Crippen LogP contribution in [0.2, 0.25) is 0 Å². The summed E-state index contributed by atoms with van der Waals surface area (Å²) in [6, 6.07) is 4.41. The molecule has 0 bridgehead atoms. The van der Waals surface area contributed by atoms with Crippen molar-refractivity contribution in [1.29, 1.82) is 0 Å². The number of aryl methyl sites for hydroxylation is 1. The van der Waals surface area contributed by atoms with Crippen LogP contribution >= 0.6 is 0 Å². The molecule has 1 saturated heterocycles. The van der Waals surface area contributed by atoms with Gasteiger partial charge in [-0.15, -0.1) is 0 Å². The number of urea groups is 1. The molecule has 0 aliphatic carbocycles. The quantitative estimate of drug-likeness (QED) is 0.789. The smallest absolute Gasteiger partial charge is 0.337 e. The van der Waals surface area contributed by atoms with Crippen LogP contribution < -0.4 is 10.6 Å². The fourth-order valence-electron chi connectivity index (χ4n) is 2.19. The van der Waals surface area contributed by atoms with Gasteiger partial charge in [-0.3, -0.25) is 0 Å². The zero-order valence-corrected chi connectivity index (χ0v) is 11.5. The zero-order chi connectivity index (χ0) is 14.7. The van der Waals surface area contributed by atoms with E-state index in [1.165, 1.54) is 6.07 Å². The molecule has 0 saturated carbocycles. The molecule has 1 aliphatic rings. The monoisotopic (exact) mass is 278 g/mol. The van der Waals surface area contributed by atoms with Crippen LogP contribution in [0.3, 0.4) is 0 Å². The molecule has 1 aromatic carbocycles. The van der Waals surface area contributed by atoms with Gasteiger partial charge in [-0.25, -0.2) is 9.59 Å². The van der Waals surface area contributed by atoms with E-state index in [-0.39, 0.29) is 23.4 Å². The van der Waals surface area contributed by atoms with Gasteiger partial charge in [0.15, 0.2) is 0 Å². The molecule has 0 spiro atoms. The minimum atomic E-state index is -1.07. The van der Waals surface area contributed by atoms with Gasteiger partial charge in [0.1, 0.15) is 0 Å². The maximum absolute atomic E-state index is 11.9. The highest BCUT2D eigenvalue weighted by molar-refractivity contribution is 6.00. The lowest BCUT2D eigenvalue weighted by atomic mass is 10.1. The van der Waals surface area contributed by atoms with Crippen molar-refractivity contribution in [2.24, 2.45) is 0 Å². The standard InChI is InChI=1S/C14H18N2O4/c1-8-3-4-12(10(7-8)13(17)18)16-14(19)15-11-5-6-20-9(11)2/h3-4,7,9,11H,5-6H2,1-2H3,(H,17,18)(H2,15,16,19). The summed E-state index contributed by atoms with van der Waals surface area (Å²) in [5.74, 6) is -1.07. The third kappa shape index (κ3) is 3.27. The van der Waals surface area contributed by atoms with Crippen LogP contribution in [0, 0.1) is 6.92 Å². The summed E-state index contributed by atoms with van der Waals surface area (Å²) in [6.07, 6.45) is 0.728. The van der Waals surface area contributed by atoms with Crippen molar-refractivity contribution in [3.63, 3.8) is 0 Å². The maximum atomic E-state index is 11.9. The lowest BCUT2D eigenvalue weighted by Crippen LogP contribution is -2.41. The Bertz CT molecular complexity index is 530. The third-order valence-electron chi connectivity index (χ3n) is 3.35. The van der Waals surface area contributed by atoms with Gasteiger partial charge in [-0.1, -0.05) is 11.6 Å². The van der Waals surface area contributed by atoms with Gasteiger partial charge < -0.3 is 20.5 Å². The first kappa shape index (κ1) is 14.3. The van der Waals surface area contributed by atoms with Crippen LogP contribution in [-0.4, -0.2) is 35.9 Å². The predicted molar refractivity (Wildman–Crippen MR) is 74.1 cm³/mol. The predicted octanol–water partition coefficient (Wildman–Crippen LogP) is 1.99. The number of amides is 2. The number of ether oxygens (including phenoxy) is 1. The Morgan fingerprint density at radius 1 is 1.40 bits per heavy atom. The summed E-state index contributed by atoms with van der Waals surface area (Å²) in [5, 5.41) is 14.5. The van der Waals surface area contributed by atoms with E-state index in [0.717, 1.165) is 12.0 Å². The molecule has 6 heteroatoms. The van der Waals surface area contributed by atoms with Crippen molar-refractivity contribution in [1.82, 2.24) is 5.32 Å². The van der Waals surface area contributed by atoms with Crippen molar-refractivity contribution in [2.45, 2.75) is 32.4 Å². The molecule has 6 nitrogen and oxygen atoms in total. The van der Waals surface area contributed by atoms with E-state index in [0.29, 0.717) is 6.61 Å². The number of carbonyl (C=O) groups is 2. The van der Waals surface area contributed by atoms with Crippen LogP contribution in [0.15, 0.2) is 18.2 Å². The second-order valence-corrected chi connectivity index (χ2v) is 4.92. The maximum Gasteiger partial charge on any atom is 0.337 e. The molecule has 2 atom stereocenters. The molecule has 3 N–H and O–H groups in total. The van der Waals surface area contributed by atoms with Crippen LogP contribution in [-0.2, 0) is 4.74 Å². The first-order chi connectivity index (χ1) is 9.47. The second-order valence-electron chi connectivity index (χ2n) is 4.92. The molecule has 2 rings (SSSR count). The molecule has 20 heavy (non-hydrogen) atoms. The molecule has 1 fully saturated rings. The van der Waals surface area contributed by atoms with E-state index < -0.39 is 12.0 Å². The minimum absolute atomic E-state index is 0.0299. The first-order valence-electron chi connectivity index (χ1n) is 6.50. The van der Waals surface area contributed by atoms with Gasteiger partial charge >= 0.3 is 12.0 Å². The molecule has 0 aromatic heterocycles. The minimum Gasteiger partial charge on any atom is -0.478 e. The van der Waals surface area contributed by atoms with E-state index >= 15 is 0 Å². The van der Waals surface area contributed by atoms with E-state index in [2.05, 4.69) is 10.6 Å². The van der Waals surface area contributed by atoms with Gasteiger partial charge in [0, 0.05) is 6.61 Å². The van der Waals surface area contributed by atoms with E-state index in [4.69, 9.17) is 9.84 Å². The molecule has 2 unspecified atom stereocenters. The van der Waals surface area contributed by atoms with E-state index in [9.17, 15) is 9.59 Å². The Kier molecular flexibility index (Phi) is 4.24. The summed E-state index contributed by atoms with van der Waals surface area (Å²) in [6.45, 7) is 4.32. The Hall–Kier alpha value is -2.08. The Balaban J connectivity index is 2.06. The molecule has 1 aromatic rings. The van der Waals surface area contributed by atoms with Crippen LogP contribution in [0.5, 0.6) is 0 Å². The van der Waals surface area contributed by atoms with Gasteiger partial charge in [-0.2, -0.15) is 0 Å². The van der Waals surface area contributed by atoms with E-state index in [1.54, 1.807) is 19.1 Å². The Labute approximate surface area is 117 Å². The SMILES string of the molecule is Cc1ccc(NC(=O)NC2CCOC2C)c(C(=O)O)c1. The number of rotatable bonds is 3. The number of benzene rings is 1. The molecule has 1 aliphatic heterocycles. The van der Waals surface area contributed by atoms with Gasteiger partial charge in [0.2, 0.25) is 0 Å². The number of aromatic carboxylic acids is 1. The number of carbonyl (C=O) groups excluding carboxylic acids is 1. The number of anilines is 1. The van der Waals surface area contributed by atoms with Crippen LogP contribution in [0.4, 0.5) is 10.5 Å². The normalized spacial score (nSPS) is 21.5. The Morgan fingerprint density at radius 2 is 2.15 bits per heavy atom. The van der Waals surface area contributed by atoms with Crippen molar-refractivity contribution < 1.29 is 19.4 Å². The third-order valence-corrected chi connectivity index (χ3v) is 3.35. The van der Waals surface area contributed by atoms with Crippen molar-refractivity contribution in [3.05, 3.63) is 29.3 Å². The van der Waals surface area contributed by atoms with Crippen molar-refractivity contribution in [2.75, 3.05) is 11.9 Å². The average Bonchev–Trinajstić information content (AvgIpc) is 2.77. The fourth-order valence-corrected chi connectivity index (χ4v) is 2.19. The number of nitrogens with one attached hydrogen (secondary N) is 2. The molecule has 0 radical (unpaired) electrons. The number of carboxylic acids is 1.